The third kappa shape index (κ3) is 2.13. The number of likely N-dealkylation sites (tertiary alicyclic amines) is 1. The average molecular weight is 249 g/mol. The molecule has 0 spiro atoms. The fourth-order valence-corrected chi connectivity index (χ4v) is 4.10. The Morgan fingerprint density at radius 3 is 2.88 bits per heavy atom. The van der Waals surface area contributed by atoms with E-state index < -0.39 is 0 Å². The molecule has 1 saturated carbocycles. The molecule has 0 aromatic carbocycles. The highest BCUT2D eigenvalue weighted by molar-refractivity contribution is 7.12. The second kappa shape index (κ2) is 4.81. The second-order valence-corrected chi connectivity index (χ2v) is 6.18. The molecule has 0 bridgehead atoms. The Balaban J connectivity index is 1.79. The van der Waals surface area contributed by atoms with Crippen LogP contribution in [0, 0.1) is 5.92 Å². The van der Waals surface area contributed by atoms with Crippen molar-refractivity contribution in [2.24, 2.45) is 5.92 Å². The molecule has 2 nitrogen and oxygen atoms in total. The zero-order valence-corrected chi connectivity index (χ0v) is 10.9. The summed E-state index contributed by atoms with van der Waals surface area (Å²) in [7, 11) is 0. The Bertz CT molecular complexity index is 385. The molecule has 1 aromatic heterocycles. The number of thiophene rings is 1. The zero-order chi connectivity index (χ0) is 11.7. The van der Waals surface area contributed by atoms with E-state index in [4.69, 9.17) is 0 Å². The fourth-order valence-electron chi connectivity index (χ4n) is 3.42. The van der Waals surface area contributed by atoms with Crippen LogP contribution in [0.2, 0.25) is 0 Å². The Hall–Kier alpha value is -0.830. The number of piperidine rings is 1. The van der Waals surface area contributed by atoms with Crippen molar-refractivity contribution >= 4 is 17.2 Å². The van der Waals surface area contributed by atoms with E-state index in [0.29, 0.717) is 6.04 Å². The maximum atomic E-state index is 12.5. The van der Waals surface area contributed by atoms with Gasteiger partial charge in [-0.15, -0.1) is 11.3 Å². The lowest BCUT2D eigenvalue weighted by molar-refractivity contribution is 0.0395. The molecule has 2 atom stereocenters. The van der Waals surface area contributed by atoms with Crippen LogP contribution in [0.1, 0.15) is 48.2 Å². The Labute approximate surface area is 107 Å². The fraction of sp³-hybridized carbons (Fsp3) is 0.643. The predicted octanol–water partition coefficient (Wildman–Crippen LogP) is 3.54. The van der Waals surface area contributed by atoms with E-state index in [1.807, 2.05) is 17.5 Å². The summed E-state index contributed by atoms with van der Waals surface area (Å²) in [6, 6.07) is 4.46. The lowest BCUT2D eigenvalue weighted by Gasteiger charge is -2.44. The number of amides is 1. The highest BCUT2D eigenvalue weighted by atomic mass is 32.1. The van der Waals surface area contributed by atoms with E-state index in [0.717, 1.165) is 17.3 Å². The zero-order valence-electron chi connectivity index (χ0n) is 10.1. The molecule has 1 aliphatic heterocycles. The molecule has 17 heavy (non-hydrogen) atoms. The lowest BCUT2D eigenvalue weighted by atomic mass is 9.78. The predicted molar refractivity (Wildman–Crippen MR) is 70.3 cm³/mol. The molecule has 2 aliphatic rings. The first-order valence-corrected chi connectivity index (χ1v) is 7.59. The molecular weight excluding hydrogens is 230 g/mol. The highest BCUT2D eigenvalue weighted by Crippen LogP contribution is 2.36. The van der Waals surface area contributed by atoms with Crippen LogP contribution in [0.4, 0.5) is 0 Å². The normalized spacial score (nSPS) is 28.8. The van der Waals surface area contributed by atoms with Crippen molar-refractivity contribution in [3.8, 4) is 0 Å². The summed E-state index contributed by atoms with van der Waals surface area (Å²) < 4.78 is 0. The molecule has 92 valence electrons. The second-order valence-electron chi connectivity index (χ2n) is 5.23. The van der Waals surface area contributed by atoms with E-state index in [-0.39, 0.29) is 5.91 Å². The van der Waals surface area contributed by atoms with Gasteiger partial charge in [0, 0.05) is 12.6 Å². The summed E-state index contributed by atoms with van der Waals surface area (Å²) in [6.07, 6.45) is 7.75. The molecule has 2 unspecified atom stereocenters. The first-order valence-electron chi connectivity index (χ1n) is 6.71. The SMILES string of the molecule is O=C(c1cccs1)N1CCCC2CCCCC21. The number of hydrogen-bond acceptors (Lipinski definition) is 2. The van der Waals surface area contributed by atoms with Crippen LogP contribution in [-0.4, -0.2) is 23.4 Å². The Morgan fingerprint density at radius 1 is 1.24 bits per heavy atom. The van der Waals surface area contributed by atoms with Gasteiger partial charge in [0.1, 0.15) is 0 Å². The van der Waals surface area contributed by atoms with Crippen LogP contribution in [0.25, 0.3) is 0 Å². The minimum absolute atomic E-state index is 0.275. The van der Waals surface area contributed by atoms with E-state index in [2.05, 4.69) is 4.90 Å². The van der Waals surface area contributed by atoms with Crippen LogP contribution < -0.4 is 0 Å². The summed E-state index contributed by atoms with van der Waals surface area (Å²) >= 11 is 1.57. The average Bonchev–Trinajstić information content (AvgIpc) is 2.91. The smallest absolute Gasteiger partial charge is 0.264 e. The van der Waals surface area contributed by atoms with Gasteiger partial charge in [-0.3, -0.25) is 4.79 Å². The standard InChI is InChI=1S/C14H19NOS/c16-14(13-8-4-10-17-13)15-9-3-6-11-5-1-2-7-12(11)15/h4,8,10-12H,1-3,5-7,9H2. The summed E-state index contributed by atoms with van der Waals surface area (Å²) in [5.41, 5.74) is 0. The minimum atomic E-state index is 0.275. The number of fused-ring (bicyclic) bond motifs is 1. The van der Waals surface area contributed by atoms with Gasteiger partial charge in [0.25, 0.3) is 5.91 Å². The van der Waals surface area contributed by atoms with Crippen LogP contribution >= 0.6 is 11.3 Å². The van der Waals surface area contributed by atoms with Crippen molar-refractivity contribution < 1.29 is 4.79 Å². The van der Waals surface area contributed by atoms with Gasteiger partial charge in [-0.1, -0.05) is 18.9 Å². The summed E-state index contributed by atoms with van der Waals surface area (Å²) in [5.74, 6) is 1.05. The number of nitrogens with zero attached hydrogens (tertiary/aromatic N) is 1. The molecule has 1 aliphatic carbocycles. The first kappa shape index (κ1) is 11.3. The van der Waals surface area contributed by atoms with Gasteiger partial charge >= 0.3 is 0 Å². The Morgan fingerprint density at radius 2 is 2.06 bits per heavy atom. The van der Waals surface area contributed by atoms with E-state index in [1.165, 1.54) is 38.5 Å². The Kier molecular flexibility index (Phi) is 3.19. The lowest BCUT2D eigenvalue weighted by Crippen LogP contribution is -2.49. The number of hydrogen-bond donors (Lipinski definition) is 0. The molecule has 1 saturated heterocycles. The van der Waals surface area contributed by atoms with Crippen molar-refractivity contribution in [3.05, 3.63) is 22.4 Å². The van der Waals surface area contributed by atoms with Gasteiger partial charge in [0.05, 0.1) is 4.88 Å². The quantitative estimate of drug-likeness (QED) is 0.745. The van der Waals surface area contributed by atoms with Crippen LogP contribution in [0.5, 0.6) is 0 Å². The third-order valence-electron chi connectivity index (χ3n) is 4.24. The number of carbonyl (C=O) groups is 1. The number of rotatable bonds is 1. The molecule has 1 aromatic rings. The number of carbonyl (C=O) groups excluding carboxylic acids is 1. The molecular formula is C14H19NOS. The van der Waals surface area contributed by atoms with Gasteiger partial charge in [-0.25, -0.2) is 0 Å². The van der Waals surface area contributed by atoms with E-state index in [9.17, 15) is 4.79 Å². The van der Waals surface area contributed by atoms with Gasteiger partial charge in [-0.05, 0) is 43.0 Å². The van der Waals surface area contributed by atoms with Crippen LogP contribution in [0.15, 0.2) is 17.5 Å². The van der Waals surface area contributed by atoms with E-state index in [1.54, 1.807) is 11.3 Å². The van der Waals surface area contributed by atoms with E-state index >= 15 is 0 Å². The van der Waals surface area contributed by atoms with Gasteiger partial charge in [-0.2, -0.15) is 0 Å². The minimum Gasteiger partial charge on any atom is -0.335 e. The molecule has 3 rings (SSSR count). The van der Waals surface area contributed by atoms with Gasteiger partial charge in [0.15, 0.2) is 0 Å². The molecule has 2 fully saturated rings. The summed E-state index contributed by atoms with van der Waals surface area (Å²) in [5, 5.41) is 2.00. The molecule has 2 heterocycles. The summed E-state index contributed by atoms with van der Waals surface area (Å²) in [4.78, 5) is 15.5. The van der Waals surface area contributed by atoms with Crippen LogP contribution in [-0.2, 0) is 0 Å². The largest absolute Gasteiger partial charge is 0.335 e. The molecule has 3 heteroatoms. The monoisotopic (exact) mass is 249 g/mol. The molecule has 0 radical (unpaired) electrons. The van der Waals surface area contributed by atoms with Crippen molar-refractivity contribution in [3.63, 3.8) is 0 Å². The van der Waals surface area contributed by atoms with Crippen molar-refractivity contribution in [1.82, 2.24) is 4.90 Å². The maximum absolute atomic E-state index is 12.5. The van der Waals surface area contributed by atoms with Gasteiger partial charge in [0.2, 0.25) is 0 Å². The highest BCUT2D eigenvalue weighted by Gasteiger charge is 2.36. The van der Waals surface area contributed by atoms with Crippen molar-refractivity contribution in [1.29, 1.82) is 0 Å². The third-order valence-corrected chi connectivity index (χ3v) is 5.09. The topological polar surface area (TPSA) is 20.3 Å². The maximum Gasteiger partial charge on any atom is 0.264 e. The first-order chi connectivity index (χ1) is 8.36. The summed E-state index contributed by atoms with van der Waals surface area (Å²) in [6.45, 7) is 0.970. The van der Waals surface area contributed by atoms with Gasteiger partial charge < -0.3 is 4.90 Å². The van der Waals surface area contributed by atoms with Crippen molar-refractivity contribution in [2.75, 3.05) is 6.54 Å². The molecule has 1 amide bonds. The molecule has 0 N–H and O–H groups in total. The van der Waals surface area contributed by atoms with Crippen molar-refractivity contribution in [2.45, 2.75) is 44.6 Å². The van der Waals surface area contributed by atoms with Crippen LogP contribution in [0.3, 0.4) is 0 Å².